The Balaban J connectivity index is 2.21. The van der Waals surface area contributed by atoms with Gasteiger partial charge in [0.1, 0.15) is 0 Å². The topological polar surface area (TPSA) is 0 Å². The zero-order valence-corrected chi connectivity index (χ0v) is 9.28. The molecular weight excluding hydrogens is 250 g/mol. The summed E-state index contributed by atoms with van der Waals surface area (Å²) in [6, 6.07) is 4.39. The molecule has 0 amide bonds. The predicted octanol–water partition coefficient (Wildman–Crippen LogP) is 3.68. The van der Waals surface area contributed by atoms with E-state index in [0.29, 0.717) is 12.0 Å². The lowest BCUT2D eigenvalue weighted by molar-refractivity contribution is 0.482. The number of halogens is 3. The van der Waals surface area contributed by atoms with Gasteiger partial charge in [0.2, 0.25) is 0 Å². The highest BCUT2D eigenvalue weighted by molar-refractivity contribution is 9.09. The van der Waals surface area contributed by atoms with E-state index in [1.54, 1.807) is 12.1 Å². The monoisotopic (exact) mass is 260 g/mol. The molecule has 1 aromatic rings. The van der Waals surface area contributed by atoms with Crippen molar-refractivity contribution in [2.75, 3.05) is 5.33 Å². The maximum atomic E-state index is 13.3. The van der Waals surface area contributed by atoms with Crippen LogP contribution in [0.1, 0.15) is 18.4 Å². The van der Waals surface area contributed by atoms with Crippen LogP contribution in [0, 0.1) is 17.0 Å². The van der Waals surface area contributed by atoms with Crippen LogP contribution in [0.4, 0.5) is 8.78 Å². The van der Waals surface area contributed by atoms with Crippen molar-refractivity contribution in [1.29, 1.82) is 0 Å². The van der Waals surface area contributed by atoms with Gasteiger partial charge in [-0.25, -0.2) is 8.78 Å². The van der Waals surface area contributed by atoms with Gasteiger partial charge < -0.3 is 0 Å². The fourth-order valence-corrected chi connectivity index (χ4v) is 2.38. The van der Waals surface area contributed by atoms with Crippen molar-refractivity contribution in [1.82, 2.24) is 0 Å². The Morgan fingerprint density at radius 2 is 2.00 bits per heavy atom. The first-order valence-corrected chi connectivity index (χ1v) is 5.78. The smallest absolute Gasteiger partial charge is 0.162 e. The summed E-state index contributed by atoms with van der Waals surface area (Å²) in [5, 5.41) is 0.871. The summed E-state index contributed by atoms with van der Waals surface area (Å²) in [5.74, 6) is -1.42. The molecule has 1 aliphatic carbocycles. The molecule has 0 heterocycles. The third kappa shape index (κ3) is 1.83. The third-order valence-electron chi connectivity index (χ3n) is 2.84. The quantitative estimate of drug-likeness (QED) is 0.728. The van der Waals surface area contributed by atoms with Crippen molar-refractivity contribution < 1.29 is 8.78 Å². The molecule has 0 aromatic heterocycles. The first kappa shape index (κ1) is 10.1. The highest BCUT2D eigenvalue weighted by Gasteiger charge is 2.41. The fourth-order valence-electron chi connectivity index (χ4n) is 1.62. The van der Waals surface area contributed by atoms with Crippen molar-refractivity contribution in [2.45, 2.75) is 19.3 Å². The van der Waals surface area contributed by atoms with Crippen LogP contribution in [-0.2, 0) is 6.42 Å². The first-order valence-electron chi connectivity index (χ1n) is 4.66. The second-order valence-corrected chi connectivity index (χ2v) is 4.58. The molecule has 0 spiro atoms. The average Bonchev–Trinajstić information content (AvgIpc) is 2.94. The molecule has 1 fully saturated rings. The molecule has 1 aromatic carbocycles. The molecule has 3 heteroatoms. The zero-order valence-electron chi connectivity index (χ0n) is 7.69. The molecule has 0 saturated heterocycles. The minimum Gasteiger partial charge on any atom is -0.204 e. The maximum absolute atomic E-state index is 13.3. The van der Waals surface area contributed by atoms with Crippen LogP contribution < -0.4 is 0 Å². The summed E-state index contributed by atoms with van der Waals surface area (Å²) < 4.78 is 26.2. The number of hydrogen-bond acceptors (Lipinski definition) is 0. The van der Waals surface area contributed by atoms with Crippen LogP contribution in [0.5, 0.6) is 0 Å². The maximum Gasteiger partial charge on any atom is 0.162 e. The van der Waals surface area contributed by atoms with Gasteiger partial charge >= 0.3 is 0 Å². The Labute approximate surface area is 90.4 Å². The lowest BCUT2D eigenvalue weighted by Gasteiger charge is -2.11. The summed E-state index contributed by atoms with van der Waals surface area (Å²) >= 11 is 3.42. The lowest BCUT2D eigenvalue weighted by atomic mass is 9.98. The van der Waals surface area contributed by atoms with Crippen LogP contribution in [0.15, 0.2) is 18.2 Å². The molecule has 0 unspecified atom stereocenters. The normalized spacial score (nSPS) is 18.2. The molecule has 0 atom stereocenters. The zero-order chi connectivity index (χ0) is 10.2. The van der Waals surface area contributed by atoms with Gasteiger partial charge in [-0.2, -0.15) is 0 Å². The molecule has 14 heavy (non-hydrogen) atoms. The summed E-state index contributed by atoms with van der Waals surface area (Å²) in [6.07, 6.45) is 2.85. The Hall–Kier alpha value is -0.440. The SMILES string of the molecule is Fc1cccc(CC2(CBr)CC2)c1F. The van der Waals surface area contributed by atoms with Gasteiger partial charge in [0, 0.05) is 5.33 Å². The van der Waals surface area contributed by atoms with E-state index in [1.165, 1.54) is 0 Å². The van der Waals surface area contributed by atoms with Crippen LogP contribution in [0.2, 0.25) is 0 Å². The molecule has 1 aliphatic rings. The number of benzene rings is 1. The van der Waals surface area contributed by atoms with Gasteiger partial charge in [-0.3, -0.25) is 0 Å². The van der Waals surface area contributed by atoms with E-state index in [2.05, 4.69) is 15.9 Å². The Bertz CT molecular complexity index is 345. The Morgan fingerprint density at radius 3 is 2.57 bits per heavy atom. The van der Waals surface area contributed by atoms with E-state index >= 15 is 0 Å². The molecule has 0 aliphatic heterocycles. The van der Waals surface area contributed by atoms with Crippen LogP contribution in [-0.4, -0.2) is 5.33 Å². The predicted molar refractivity (Wildman–Crippen MR) is 55.5 cm³/mol. The van der Waals surface area contributed by atoms with Crippen molar-refractivity contribution in [3.8, 4) is 0 Å². The molecule has 2 rings (SSSR count). The van der Waals surface area contributed by atoms with Crippen LogP contribution >= 0.6 is 15.9 Å². The highest BCUT2D eigenvalue weighted by Crippen LogP contribution is 2.49. The Morgan fingerprint density at radius 1 is 1.29 bits per heavy atom. The van der Waals surface area contributed by atoms with E-state index in [4.69, 9.17) is 0 Å². The van der Waals surface area contributed by atoms with Crippen LogP contribution in [0.25, 0.3) is 0 Å². The Kier molecular flexibility index (Phi) is 2.60. The fraction of sp³-hybridized carbons (Fsp3) is 0.455. The molecule has 0 bridgehead atoms. The minimum atomic E-state index is -0.743. The van der Waals surface area contributed by atoms with E-state index in [-0.39, 0.29) is 5.41 Å². The summed E-state index contributed by atoms with van der Waals surface area (Å²) in [7, 11) is 0. The molecular formula is C11H11BrF2. The number of rotatable bonds is 3. The lowest BCUT2D eigenvalue weighted by Crippen LogP contribution is -2.08. The van der Waals surface area contributed by atoms with E-state index in [1.807, 2.05) is 0 Å². The number of alkyl halides is 1. The van der Waals surface area contributed by atoms with Gasteiger partial charge in [0.15, 0.2) is 11.6 Å². The minimum absolute atomic E-state index is 0.189. The molecule has 76 valence electrons. The molecule has 0 N–H and O–H groups in total. The standard InChI is InChI=1S/C11H11BrF2/c12-7-11(4-5-11)6-8-2-1-3-9(13)10(8)14/h1-3H,4-7H2. The van der Waals surface area contributed by atoms with Gasteiger partial charge in [-0.1, -0.05) is 28.1 Å². The van der Waals surface area contributed by atoms with Crippen molar-refractivity contribution in [2.24, 2.45) is 5.41 Å². The van der Waals surface area contributed by atoms with Gasteiger partial charge in [0.05, 0.1) is 0 Å². The second-order valence-electron chi connectivity index (χ2n) is 4.02. The van der Waals surface area contributed by atoms with Gasteiger partial charge in [-0.15, -0.1) is 0 Å². The van der Waals surface area contributed by atoms with E-state index in [9.17, 15) is 8.78 Å². The number of hydrogen-bond donors (Lipinski definition) is 0. The third-order valence-corrected chi connectivity index (χ3v) is 4.03. The molecule has 0 radical (unpaired) electrons. The van der Waals surface area contributed by atoms with Gasteiger partial charge in [0.25, 0.3) is 0 Å². The molecule has 0 nitrogen and oxygen atoms in total. The largest absolute Gasteiger partial charge is 0.204 e. The second kappa shape index (κ2) is 3.61. The summed E-state index contributed by atoms with van der Waals surface area (Å²) in [4.78, 5) is 0. The van der Waals surface area contributed by atoms with Crippen molar-refractivity contribution in [3.05, 3.63) is 35.4 Å². The first-order chi connectivity index (χ1) is 6.67. The van der Waals surface area contributed by atoms with E-state index < -0.39 is 11.6 Å². The average molecular weight is 261 g/mol. The van der Waals surface area contributed by atoms with Gasteiger partial charge in [-0.05, 0) is 36.3 Å². The van der Waals surface area contributed by atoms with Crippen LogP contribution in [0.3, 0.4) is 0 Å². The van der Waals surface area contributed by atoms with E-state index in [0.717, 1.165) is 24.2 Å². The summed E-state index contributed by atoms with van der Waals surface area (Å²) in [6.45, 7) is 0. The summed E-state index contributed by atoms with van der Waals surface area (Å²) in [5.41, 5.74) is 0.691. The van der Waals surface area contributed by atoms with Crippen molar-refractivity contribution >= 4 is 15.9 Å². The van der Waals surface area contributed by atoms with Crippen molar-refractivity contribution in [3.63, 3.8) is 0 Å². The molecule has 1 saturated carbocycles. The highest BCUT2D eigenvalue weighted by atomic mass is 79.9.